The highest BCUT2D eigenvalue weighted by molar-refractivity contribution is 5.76. The van der Waals surface area contributed by atoms with Crippen molar-refractivity contribution in [2.75, 3.05) is 26.7 Å². The molecule has 1 aliphatic rings. The average molecular weight is 271 g/mol. The van der Waals surface area contributed by atoms with Gasteiger partial charge in [0.25, 0.3) is 0 Å². The highest BCUT2D eigenvalue weighted by Crippen LogP contribution is 2.16. The highest BCUT2D eigenvalue weighted by Gasteiger charge is 2.12. The van der Waals surface area contributed by atoms with Gasteiger partial charge < -0.3 is 21.1 Å². The summed E-state index contributed by atoms with van der Waals surface area (Å²) in [7, 11) is 1.58. The third-order valence-corrected chi connectivity index (χ3v) is 3.74. The number of carbonyl (C=O) groups is 1. The van der Waals surface area contributed by atoms with Crippen molar-refractivity contribution in [3.8, 4) is 0 Å². The van der Waals surface area contributed by atoms with Crippen molar-refractivity contribution in [2.45, 2.75) is 57.1 Å². The molecule has 0 aromatic heterocycles. The van der Waals surface area contributed by atoms with E-state index >= 15 is 0 Å². The number of carbonyl (C=O) groups excluding carboxylic acids is 1. The molecular weight excluding hydrogens is 242 g/mol. The van der Waals surface area contributed by atoms with Crippen LogP contribution in [0.4, 0.5) is 0 Å². The molecule has 0 bridgehead atoms. The van der Waals surface area contributed by atoms with Crippen LogP contribution in [0.3, 0.4) is 0 Å². The Hall–Kier alpha value is -0.650. The number of hydrogen-bond acceptors (Lipinski definition) is 4. The molecule has 1 rings (SSSR count). The normalized spacial score (nSPS) is 18.8. The molecule has 1 atom stereocenters. The predicted octanol–water partition coefficient (Wildman–Crippen LogP) is 0.779. The molecule has 1 fully saturated rings. The number of ether oxygens (including phenoxy) is 1. The van der Waals surface area contributed by atoms with Gasteiger partial charge in [-0.25, -0.2) is 0 Å². The molecule has 1 saturated carbocycles. The molecule has 0 aromatic carbocycles. The number of hydrogen-bond donors (Lipinski definition) is 3. The SMILES string of the molecule is COC(CN)CC(=O)NCCNC1CCCCCC1. The van der Waals surface area contributed by atoms with Gasteiger partial charge >= 0.3 is 0 Å². The molecule has 0 aromatic rings. The topological polar surface area (TPSA) is 76.4 Å². The van der Waals surface area contributed by atoms with Gasteiger partial charge in [-0.3, -0.25) is 4.79 Å². The Balaban J connectivity index is 2.04. The van der Waals surface area contributed by atoms with Gasteiger partial charge in [0.15, 0.2) is 0 Å². The number of rotatable bonds is 8. The van der Waals surface area contributed by atoms with E-state index in [9.17, 15) is 4.79 Å². The molecule has 1 unspecified atom stereocenters. The summed E-state index contributed by atoms with van der Waals surface area (Å²) in [4.78, 5) is 11.6. The molecular formula is C14H29N3O2. The summed E-state index contributed by atoms with van der Waals surface area (Å²) < 4.78 is 5.08. The van der Waals surface area contributed by atoms with Crippen LogP contribution in [0.2, 0.25) is 0 Å². The lowest BCUT2D eigenvalue weighted by molar-refractivity contribution is -0.123. The minimum absolute atomic E-state index is 0.0139. The largest absolute Gasteiger partial charge is 0.380 e. The van der Waals surface area contributed by atoms with Crippen molar-refractivity contribution in [3.63, 3.8) is 0 Å². The van der Waals surface area contributed by atoms with Gasteiger partial charge in [0.1, 0.15) is 0 Å². The molecule has 1 aliphatic carbocycles. The second-order valence-electron chi connectivity index (χ2n) is 5.29. The zero-order valence-corrected chi connectivity index (χ0v) is 12.1. The van der Waals surface area contributed by atoms with E-state index in [4.69, 9.17) is 10.5 Å². The maximum atomic E-state index is 11.6. The zero-order valence-electron chi connectivity index (χ0n) is 12.1. The summed E-state index contributed by atoms with van der Waals surface area (Å²) in [5.74, 6) is 0.0139. The molecule has 0 heterocycles. The van der Waals surface area contributed by atoms with Crippen LogP contribution in [0.25, 0.3) is 0 Å². The second kappa shape index (κ2) is 10.2. The first-order valence-electron chi connectivity index (χ1n) is 7.49. The van der Waals surface area contributed by atoms with Gasteiger partial charge in [-0.1, -0.05) is 25.7 Å². The number of methoxy groups -OCH3 is 1. The Labute approximate surface area is 116 Å². The van der Waals surface area contributed by atoms with E-state index in [1.807, 2.05) is 0 Å². The maximum absolute atomic E-state index is 11.6. The van der Waals surface area contributed by atoms with Crippen molar-refractivity contribution in [3.05, 3.63) is 0 Å². The number of nitrogens with two attached hydrogens (primary N) is 1. The van der Waals surface area contributed by atoms with Gasteiger partial charge in [-0.2, -0.15) is 0 Å². The van der Waals surface area contributed by atoms with E-state index in [1.54, 1.807) is 7.11 Å². The van der Waals surface area contributed by atoms with Crippen molar-refractivity contribution in [2.24, 2.45) is 5.73 Å². The Morgan fingerprint density at radius 3 is 2.53 bits per heavy atom. The molecule has 0 aliphatic heterocycles. The Kier molecular flexibility index (Phi) is 8.79. The van der Waals surface area contributed by atoms with E-state index in [-0.39, 0.29) is 12.0 Å². The van der Waals surface area contributed by atoms with Crippen molar-refractivity contribution in [1.82, 2.24) is 10.6 Å². The molecule has 4 N–H and O–H groups in total. The standard InChI is InChI=1S/C14H29N3O2/c1-19-13(11-15)10-14(18)17-9-8-16-12-6-4-2-3-5-7-12/h12-13,16H,2-11,15H2,1H3,(H,17,18). The minimum Gasteiger partial charge on any atom is -0.380 e. The smallest absolute Gasteiger partial charge is 0.222 e. The molecule has 19 heavy (non-hydrogen) atoms. The molecule has 0 spiro atoms. The maximum Gasteiger partial charge on any atom is 0.222 e. The van der Waals surface area contributed by atoms with E-state index in [0.29, 0.717) is 25.6 Å². The van der Waals surface area contributed by atoms with Gasteiger partial charge in [-0.05, 0) is 12.8 Å². The van der Waals surface area contributed by atoms with Crippen molar-refractivity contribution < 1.29 is 9.53 Å². The van der Waals surface area contributed by atoms with Crippen LogP contribution in [-0.4, -0.2) is 44.8 Å². The molecule has 5 heteroatoms. The van der Waals surface area contributed by atoms with Gasteiger partial charge in [0, 0.05) is 32.8 Å². The second-order valence-corrected chi connectivity index (χ2v) is 5.29. The third kappa shape index (κ3) is 7.50. The van der Waals surface area contributed by atoms with Gasteiger partial charge in [0.05, 0.1) is 12.5 Å². The quantitative estimate of drug-likeness (QED) is 0.450. The van der Waals surface area contributed by atoms with E-state index in [1.165, 1.54) is 38.5 Å². The van der Waals surface area contributed by atoms with Crippen LogP contribution >= 0.6 is 0 Å². The van der Waals surface area contributed by atoms with Crippen molar-refractivity contribution >= 4 is 5.91 Å². The van der Waals surface area contributed by atoms with E-state index < -0.39 is 0 Å². The lowest BCUT2D eigenvalue weighted by Gasteiger charge is -2.17. The first-order valence-corrected chi connectivity index (χ1v) is 7.49. The molecule has 0 radical (unpaired) electrons. The first kappa shape index (κ1) is 16.4. The molecule has 112 valence electrons. The fraction of sp³-hybridized carbons (Fsp3) is 0.929. The number of amides is 1. The summed E-state index contributed by atoms with van der Waals surface area (Å²) in [6, 6.07) is 0.634. The zero-order chi connectivity index (χ0) is 13.9. The van der Waals surface area contributed by atoms with Crippen LogP contribution in [-0.2, 0) is 9.53 Å². The fourth-order valence-corrected chi connectivity index (χ4v) is 2.50. The van der Waals surface area contributed by atoms with Crippen LogP contribution < -0.4 is 16.4 Å². The van der Waals surface area contributed by atoms with Crippen LogP contribution in [0.1, 0.15) is 44.9 Å². The van der Waals surface area contributed by atoms with Crippen LogP contribution in [0, 0.1) is 0 Å². The summed E-state index contributed by atoms with van der Waals surface area (Å²) >= 11 is 0. The van der Waals surface area contributed by atoms with E-state index in [0.717, 1.165) is 6.54 Å². The lowest BCUT2D eigenvalue weighted by atomic mass is 10.1. The summed E-state index contributed by atoms with van der Waals surface area (Å²) in [6.45, 7) is 1.90. The summed E-state index contributed by atoms with van der Waals surface area (Å²) in [5.41, 5.74) is 5.48. The predicted molar refractivity (Wildman–Crippen MR) is 77.0 cm³/mol. The van der Waals surface area contributed by atoms with E-state index in [2.05, 4.69) is 10.6 Å². The third-order valence-electron chi connectivity index (χ3n) is 3.74. The molecule has 5 nitrogen and oxygen atoms in total. The minimum atomic E-state index is -0.171. The fourth-order valence-electron chi connectivity index (χ4n) is 2.50. The number of nitrogens with one attached hydrogen (secondary N) is 2. The average Bonchev–Trinajstić information content (AvgIpc) is 2.69. The molecule has 1 amide bonds. The van der Waals surface area contributed by atoms with Gasteiger partial charge in [0.2, 0.25) is 5.91 Å². The lowest BCUT2D eigenvalue weighted by Crippen LogP contribution is -2.38. The highest BCUT2D eigenvalue weighted by atomic mass is 16.5. The summed E-state index contributed by atoms with van der Waals surface area (Å²) in [6.07, 6.45) is 8.11. The Morgan fingerprint density at radius 1 is 1.26 bits per heavy atom. The van der Waals surface area contributed by atoms with Crippen molar-refractivity contribution in [1.29, 1.82) is 0 Å². The monoisotopic (exact) mass is 271 g/mol. The Bertz CT molecular complexity index is 237. The van der Waals surface area contributed by atoms with Crippen LogP contribution in [0.5, 0.6) is 0 Å². The summed E-state index contributed by atoms with van der Waals surface area (Å²) in [5, 5.41) is 6.43. The Morgan fingerprint density at radius 2 is 1.95 bits per heavy atom. The first-order chi connectivity index (χ1) is 9.26. The molecule has 0 saturated heterocycles. The van der Waals surface area contributed by atoms with Crippen LogP contribution in [0.15, 0.2) is 0 Å². The van der Waals surface area contributed by atoms with Gasteiger partial charge in [-0.15, -0.1) is 0 Å².